The molecule has 0 radical (unpaired) electrons. The number of nitrogens with one attached hydrogen (secondary N) is 4. The van der Waals surface area contributed by atoms with Crippen LogP contribution in [0.5, 0.6) is 0 Å². The number of nitrogens with zero attached hydrogens (tertiary/aromatic N) is 17. The van der Waals surface area contributed by atoms with Crippen LogP contribution in [0, 0.1) is 39.3 Å². The first kappa shape index (κ1) is 76.9. The van der Waals surface area contributed by atoms with E-state index in [4.69, 9.17) is 4.42 Å². The van der Waals surface area contributed by atoms with Crippen LogP contribution in [0.3, 0.4) is 0 Å². The maximum Gasteiger partial charge on any atom is 0.273 e. The Kier molecular flexibility index (Phi) is 22.1. The van der Waals surface area contributed by atoms with Crippen LogP contribution in [0.4, 0.5) is 32.1 Å². The molecule has 4 atom stereocenters. The Morgan fingerprint density at radius 1 is 0.381 bits per heavy atom. The highest BCUT2D eigenvalue weighted by molar-refractivity contribution is 7.13. The van der Waals surface area contributed by atoms with Crippen molar-refractivity contribution >= 4 is 91.6 Å². The smallest absolute Gasteiger partial charge is 0.273 e. The summed E-state index contributed by atoms with van der Waals surface area (Å²) in [7, 11) is 0. The van der Waals surface area contributed by atoms with E-state index in [-0.39, 0.29) is 59.4 Å². The van der Waals surface area contributed by atoms with E-state index in [2.05, 4.69) is 157 Å². The molecule has 0 unspecified atom stereocenters. The Morgan fingerprint density at radius 3 is 1.12 bits per heavy atom. The largest absolute Gasteiger partial charge is 0.444 e. The number of benzene rings is 4. The Bertz CT molecular complexity index is 5900. The lowest BCUT2D eigenvalue weighted by atomic mass is 10.2. The number of amides is 4. The number of aromatic nitrogens is 13. The van der Waals surface area contributed by atoms with Crippen LogP contribution in [0.25, 0.3) is 60.4 Å². The Balaban J connectivity index is 0.000000113. The van der Waals surface area contributed by atoms with Gasteiger partial charge in [0.1, 0.15) is 39.3 Å². The van der Waals surface area contributed by atoms with E-state index in [9.17, 15) is 28.0 Å². The fourth-order valence-electron chi connectivity index (χ4n) is 15.5. The van der Waals surface area contributed by atoms with Crippen molar-refractivity contribution in [2.75, 3.05) is 72.0 Å². The first-order valence-electron chi connectivity index (χ1n) is 39.0. The second-order valence-corrected chi connectivity index (χ2v) is 31.3. The number of oxazole rings is 1. The summed E-state index contributed by atoms with van der Waals surface area (Å²) in [6, 6.07) is 41.8. The molecular weight excluding hydrogens is 1530 g/mol. The Morgan fingerprint density at radius 2 is 0.729 bits per heavy atom. The summed E-state index contributed by atoms with van der Waals surface area (Å²) < 4.78 is 41.6. The predicted octanol–water partition coefficient (Wildman–Crippen LogP) is 14.0. The average molecular weight is 1620 g/mol. The van der Waals surface area contributed by atoms with Gasteiger partial charge in [-0.2, -0.15) is 5.10 Å². The van der Waals surface area contributed by atoms with Gasteiger partial charge in [0, 0.05) is 185 Å². The molecule has 4 fully saturated rings. The highest BCUT2D eigenvalue weighted by atomic mass is 32.1. The second-order valence-electron chi connectivity index (χ2n) is 29.6. The fourth-order valence-corrected chi connectivity index (χ4v) is 17.1. The molecular formula is C88H83F2N21O5S2. The number of hydrogen-bond acceptors (Lipinski definition) is 19. The molecule has 4 aromatic carbocycles. The van der Waals surface area contributed by atoms with Crippen LogP contribution in [-0.2, 0) is 0 Å². The molecule has 0 spiro atoms. The van der Waals surface area contributed by atoms with Crippen LogP contribution in [0.1, 0.15) is 89.9 Å². The van der Waals surface area contributed by atoms with Crippen molar-refractivity contribution in [3.05, 3.63) is 294 Å². The van der Waals surface area contributed by atoms with E-state index in [1.807, 2.05) is 122 Å². The van der Waals surface area contributed by atoms with Crippen molar-refractivity contribution in [3.63, 3.8) is 0 Å². The van der Waals surface area contributed by atoms with E-state index < -0.39 is 0 Å². The van der Waals surface area contributed by atoms with Crippen molar-refractivity contribution in [2.24, 2.45) is 0 Å². The Labute approximate surface area is 685 Å². The van der Waals surface area contributed by atoms with Gasteiger partial charge < -0.3 is 62.9 Å². The highest BCUT2D eigenvalue weighted by Gasteiger charge is 2.33. The molecule has 4 saturated heterocycles. The summed E-state index contributed by atoms with van der Waals surface area (Å²) in [6.45, 7) is 14.6. The number of carbonyl (C=O) groups is 4. The predicted molar refractivity (Wildman–Crippen MR) is 453 cm³/mol. The molecule has 4 aliphatic rings. The third-order valence-electron chi connectivity index (χ3n) is 21.6. The number of rotatable bonds is 16. The molecule has 0 saturated carbocycles. The first-order chi connectivity index (χ1) is 57.5. The average Bonchev–Trinajstić information content (AvgIpc) is 1.65. The SMILES string of the molecule is Cc1ccn2ccnc(N3CC[C@H](NC(=O)c4ccn(-c5ccc(F)cc5)n4)C3)c12.Cc1ccn2ccnc(N3CC[C@H](NC(=O)c4coc(-c5ccccc5)n4)C3)c12.Cc1ccn2ccnc(N3CC[C@H](NC(=O)c4csc(-c5ccc(F)cc5)n4)C3)c12.Cc1ccn2ccnc(N3CC[C@H](NC(=O)c4csc(-c5ccccc5)n4)C3)c12. The van der Waals surface area contributed by atoms with Crippen LogP contribution in [0.15, 0.2) is 242 Å². The summed E-state index contributed by atoms with van der Waals surface area (Å²) in [4.78, 5) is 91.3. The highest BCUT2D eigenvalue weighted by Crippen LogP contribution is 2.33. The summed E-state index contributed by atoms with van der Waals surface area (Å²) >= 11 is 2.87. The van der Waals surface area contributed by atoms with Gasteiger partial charge >= 0.3 is 0 Å². The Hall–Kier alpha value is -13.7. The van der Waals surface area contributed by atoms with Crippen molar-refractivity contribution in [1.29, 1.82) is 0 Å². The van der Waals surface area contributed by atoms with Crippen LogP contribution < -0.4 is 40.9 Å². The topological polar surface area (TPSA) is 268 Å². The number of thiazole rings is 2. The van der Waals surface area contributed by atoms with Gasteiger partial charge in [-0.15, -0.1) is 22.7 Å². The maximum atomic E-state index is 13.1. The second kappa shape index (κ2) is 34.0. The van der Waals surface area contributed by atoms with Crippen molar-refractivity contribution < 1.29 is 32.4 Å². The number of fused-ring (bicyclic) bond motifs is 4. The van der Waals surface area contributed by atoms with Crippen molar-refractivity contribution in [1.82, 2.24) is 83.5 Å². The number of anilines is 4. The normalized spacial score (nSPS) is 16.4. The van der Waals surface area contributed by atoms with E-state index in [1.165, 1.54) is 75.5 Å². The van der Waals surface area contributed by atoms with Gasteiger partial charge in [-0.25, -0.2) is 48.4 Å². The van der Waals surface area contributed by atoms with E-state index in [0.717, 1.165) is 125 Å². The summed E-state index contributed by atoms with van der Waals surface area (Å²) in [5, 5.41) is 21.9. The number of aryl methyl sites for hydroxylation is 4. The van der Waals surface area contributed by atoms with Gasteiger partial charge in [-0.05, 0) is 167 Å². The van der Waals surface area contributed by atoms with Crippen LogP contribution in [0.2, 0.25) is 0 Å². The summed E-state index contributed by atoms with van der Waals surface area (Å²) in [5.41, 5.74) is 14.1. The molecule has 12 aromatic heterocycles. The van der Waals surface area contributed by atoms with Gasteiger partial charge in [0.15, 0.2) is 34.7 Å². The quantitative estimate of drug-likeness (QED) is 0.0700. The minimum absolute atomic E-state index is 0.0193. The van der Waals surface area contributed by atoms with E-state index in [0.29, 0.717) is 59.0 Å². The molecule has 16 aromatic rings. The molecule has 4 aliphatic heterocycles. The van der Waals surface area contributed by atoms with Crippen molar-refractivity contribution in [2.45, 2.75) is 77.5 Å². The zero-order valence-corrected chi connectivity index (χ0v) is 66.7. The molecule has 30 heteroatoms. The minimum Gasteiger partial charge on any atom is -0.444 e. The monoisotopic (exact) mass is 1620 g/mol. The van der Waals surface area contributed by atoms with E-state index in [1.54, 1.807) is 59.0 Å². The van der Waals surface area contributed by atoms with Crippen LogP contribution in [-0.4, -0.2) is 162 Å². The molecule has 4 N–H and O–H groups in total. The lowest BCUT2D eigenvalue weighted by Crippen LogP contribution is -2.37. The van der Waals surface area contributed by atoms with E-state index >= 15 is 0 Å². The van der Waals surface area contributed by atoms with Gasteiger partial charge in [0.2, 0.25) is 5.89 Å². The molecule has 596 valence electrons. The molecule has 0 bridgehead atoms. The van der Waals surface area contributed by atoms with Crippen LogP contribution >= 0.6 is 22.7 Å². The molecule has 118 heavy (non-hydrogen) atoms. The fraction of sp³-hybridized carbons (Fsp3) is 0.227. The van der Waals surface area contributed by atoms with Crippen molar-refractivity contribution in [3.8, 4) is 38.3 Å². The lowest BCUT2D eigenvalue weighted by molar-refractivity contribution is 0.0926. The number of hydrogen-bond donors (Lipinski definition) is 4. The number of halogens is 2. The third-order valence-corrected chi connectivity index (χ3v) is 23.3. The number of carbonyl (C=O) groups excluding carboxylic acids is 4. The molecule has 0 aliphatic carbocycles. The molecule has 26 nitrogen and oxygen atoms in total. The summed E-state index contributed by atoms with van der Waals surface area (Å²) in [6.07, 6.45) is 29.8. The summed E-state index contributed by atoms with van der Waals surface area (Å²) in [5.74, 6) is 2.95. The minimum atomic E-state index is -0.310. The van der Waals surface area contributed by atoms with Gasteiger partial charge in [-0.1, -0.05) is 48.5 Å². The lowest BCUT2D eigenvalue weighted by Gasteiger charge is -2.19. The van der Waals surface area contributed by atoms with Gasteiger partial charge in [0.05, 0.1) is 27.8 Å². The standard InChI is InChI=1S/C22H21FN6O.C22H20FN5OS.C22H21N5O2.C22H21N5OS/c1-15-6-10-27-13-9-24-21(20(15)27)28-11-7-17(14-28)25-22(30)19-8-12-29(26-19)18-4-2-16(23)3-5-18;1-14-6-9-27-11-8-24-20(19(14)27)28-10-7-17(12-28)25-21(29)18-13-30-22(26-18)15-2-4-16(23)5-3-15;2*1-15-7-10-26-12-9-23-20(19(15)26)27-11-8-17(13-27)24-21(28)18-14-29-22(25-18)16-5-3-2-4-6-16/h2-6,8-10,12-13,17H,7,11,14H2,1H3,(H,25,30);2-6,8-9,11,13,17H,7,10,12H2,1H3,(H,25,29);2*2-7,9-10,12,14,17H,8,11,13H2,1H3,(H,24,28)/t4*17-/m0000/s1. The van der Waals surface area contributed by atoms with Gasteiger partial charge in [-0.3, -0.25) is 19.2 Å². The molecule has 16 heterocycles. The molecule has 4 amide bonds. The third kappa shape index (κ3) is 16.7. The zero-order chi connectivity index (χ0) is 80.9. The first-order valence-corrected chi connectivity index (χ1v) is 40.8. The maximum absolute atomic E-state index is 13.1. The zero-order valence-electron chi connectivity index (χ0n) is 65.0. The van der Waals surface area contributed by atoms with Gasteiger partial charge in [0.25, 0.3) is 23.6 Å². The molecule has 20 rings (SSSR count).